The Morgan fingerprint density at radius 3 is 3.15 bits per heavy atom. The molecule has 1 rings (SSSR count). The highest BCUT2D eigenvalue weighted by Crippen LogP contribution is 2.03. The third-order valence-corrected chi connectivity index (χ3v) is 2.34. The van der Waals surface area contributed by atoms with E-state index in [0.717, 1.165) is 19.5 Å². The van der Waals surface area contributed by atoms with Crippen molar-refractivity contribution in [2.45, 2.75) is 19.4 Å². The van der Waals surface area contributed by atoms with Gasteiger partial charge in [0, 0.05) is 24.0 Å². The van der Waals surface area contributed by atoms with Gasteiger partial charge in [-0.05, 0) is 13.0 Å². The summed E-state index contributed by atoms with van der Waals surface area (Å²) in [4.78, 5) is 15.5. The molecular weight excluding hydrogens is 186 g/mol. The number of amides is 1. The fourth-order valence-electron chi connectivity index (χ4n) is 0.929. The molecule has 5 heteroatoms. The van der Waals surface area contributed by atoms with E-state index in [9.17, 15) is 4.79 Å². The van der Waals surface area contributed by atoms with Crippen molar-refractivity contribution in [3.05, 3.63) is 16.6 Å². The second-order valence-electron chi connectivity index (χ2n) is 2.71. The molecule has 0 saturated heterocycles. The first-order valence-electron chi connectivity index (χ1n) is 4.15. The minimum absolute atomic E-state index is 0.236. The predicted molar refractivity (Wildman–Crippen MR) is 52.2 cm³/mol. The van der Waals surface area contributed by atoms with Gasteiger partial charge in [0.1, 0.15) is 0 Å². The topological polar surface area (TPSA) is 68.0 Å². The molecule has 0 aromatic carbocycles. The second kappa shape index (κ2) is 5.66. The molecule has 0 unspecified atom stereocenters. The summed E-state index contributed by atoms with van der Waals surface area (Å²) in [5.74, 6) is -0.236. The third-order valence-electron chi connectivity index (χ3n) is 1.56. The average molecular weight is 199 g/mol. The van der Waals surface area contributed by atoms with E-state index in [1.165, 1.54) is 4.88 Å². The number of primary amides is 1. The smallest absolute Gasteiger partial charge is 0.217 e. The Hall–Kier alpha value is -0.940. The van der Waals surface area contributed by atoms with Crippen LogP contribution in [0.3, 0.4) is 0 Å². The molecule has 0 fully saturated rings. The number of nitrogens with two attached hydrogens (primary N) is 1. The molecule has 1 aromatic rings. The molecule has 0 bridgehead atoms. The first kappa shape index (κ1) is 10.1. The number of nitrogens with zero attached hydrogens (tertiary/aromatic N) is 1. The molecule has 13 heavy (non-hydrogen) atoms. The summed E-state index contributed by atoms with van der Waals surface area (Å²) in [6.07, 6.45) is 3.09. The average Bonchev–Trinajstić information content (AvgIpc) is 2.55. The van der Waals surface area contributed by atoms with Crippen molar-refractivity contribution in [1.82, 2.24) is 10.3 Å². The molecule has 0 spiro atoms. The highest BCUT2D eigenvalue weighted by atomic mass is 32.1. The zero-order valence-electron chi connectivity index (χ0n) is 7.32. The monoisotopic (exact) mass is 199 g/mol. The molecule has 0 aliphatic heterocycles. The summed E-state index contributed by atoms with van der Waals surface area (Å²) < 4.78 is 0. The quantitative estimate of drug-likeness (QED) is 0.655. The van der Waals surface area contributed by atoms with E-state index in [-0.39, 0.29) is 5.91 Å². The third kappa shape index (κ3) is 4.59. The lowest BCUT2D eigenvalue weighted by Gasteiger charge is -2.00. The second-order valence-corrected chi connectivity index (χ2v) is 3.69. The number of aromatic nitrogens is 1. The van der Waals surface area contributed by atoms with Gasteiger partial charge in [0.15, 0.2) is 0 Å². The van der Waals surface area contributed by atoms with Gasteiger partial charge < -0.3 is 11.1 Å². The van der Waals surface area contributed by atoms with Crippen LogP contribution in [0.1, 0.15) is 17.7 Å². The molecule has 0 aliphatic rings. The van der Waals surface area contributed by atoms with Crippen LogP contribution >= 0.6 is 11.3 Å². The highest BCUT2D eigenvalue weighted by molar-refractivity contribution is 7.09. The zero-order chi connectivity index (χ0) is 9.52. The Bertz CT molecular complexity index is 248. The zero-order valence-corrected chi connectivity index (χ0v) is 8.14. The molecule has 3 N–H and O–H groups in total. The predicted octanol–water partition coefficient (Wildman–Crippen LogP) is 0.498. The molecule has 1 amide bonds. The van der Waals surface area contributed by atoms with Crippen LogP contribution in [0.4, 0.5) is 0 Å². The van der Waals surface area contributed by atoms with Crippen LogP contribution in [0, 0.1) is 0 Å². The van der Waals surface area contributed by atoms with E-state index >= 15 is 0 Å². The van der Waals surface area contributed by atoms with Crippen LogP contribution < -0.4 is 11.1 Å². The van der Waals surface area contributed by atoms with Gasteiger partial charge in [-0.1, -0.05) is 0 Å². The van der Waals surface area contributed by atoms with E-state index in [1.807, 2.05) is 6.20 Å². The Morgan fingerprint density at radius 2 is 2.54 bits per heavy atom. The molecule has 0 radical (unpaired) electrons. The summed E-state index contributed by atoms with van der Waals surface area (Å²) in [5.41, 5.74) is 6.80. The highest BCUT2D eigenvalue weighted by Gasteiger charge is 1.95. The van der Waals surface area contributed by atoms with Gasteiger partial charge >= 0.3 is 0 Å². The number of thiazole rings is 1. The Balaban J connectivity index is 1.99. The van der Waals surface area contributed by atoms with E-state index < -0.39 is 0 Å². The fourth-order valence-corrected chi connectivity index (χ4v) is 1.49. The molecule has 0 saturated carbocycles. The lowest BCUT2D eigenvalue weighted by atomic mass is 10.3. The van der Waals surface area contributed by atoms with Crippen LogP contribution in [-0.4, -0.2) is 17.4 Å². The Labute approximate surface area is 81.2 Å². The van der Waals surface area contributed by atoms with Crippen LogP contribution in [0.2, 0.25) is 0 Å². The van der Waals surface area contributed by atoms with E-state index in [1.54, 1.807) is 16.8 Å². The molecule has 72 valence electrons. The van der Waals surface area contributed by atoms with E-state index in [4.69, 9.17) is 5.73 Å². The molecule has 0 atom stereocenters. The SMILES string of the molecule is NC(=O)CCCNCc1cncs1. The van der Waals surface area contributed by atoms with Gasteiger partial charge in [0.25, 0.3) is 0 Å². The summed E-state index contributed by atoms with van der Waals surface area (Å²) in [7, 11) is 0. The summed E-state index contributed by atoms with van der Waals surface area (Å²) in [6, 6.07) is 0. The number of hydrogen-bond donors (Lipinski definition) is 2. The lowest BCUT2D eigenvalue weighted by molar-refractivity contribution is -0.118. The van der Waals surface area contributed by atoms with Gasteiger partial charge in [-0.2, -0.15) is 0 Å². The fraction of sp³-hybridized carbons (Fsp3) is 0.500. The van der Waals surface area contributed by atoms with Gasteiger partial charge in [0.2, 0.25) is 5.91 Å². The Morgan fingerprint density at radius 1 is 1.69 bits per heavy atom. The molecular formula is C8H13N3OS. The van der Waals surface area contributed by atoms with Crippen molar-refractivity contribution in [1.29, 1.82) is 0 Å². The first-order chi connectivity index (χ1) is 6.29. The van der Waals surface area contributed by atoms with E-state index in [0.29, 0.717) is 6.42 Å². The maximum absolute atomic E-state index is 10.4. The number of carbonyl (C=O) groups is 1. The first-order valence-corrected chi connectivity index (χ1v) is 5.03. The number of nitrogens with one attached hydrogen (secondary N) is 1. The van der Waals surface area contributed by atoms with Gasteiger partial charge in [-0.3, -0.25) is 9.78 Å². The maximum Gasteiger partial charge on any atom is 0.217 e. The lowest BCUT2D eigenvalue weighted by Crippen LogP contribution is -2.17. The van der Waals surface area contributed by atoms with Crippen molar-refractivity contribution >= 4 is 17.2 Å². The molecule has 4 nitrogen and oxygen atoms in total. The minimum Gasteiger partial charge on any atom is -0.370 e. The van der Waals surface area contributed by atoms with Crippen LogP contribution in [-0.2, 0) is 11.3 Å². The van der Waals surface area contributed by atoms with Crippen LogP contribution in [0.5, 0.6) is 0 Å². The molecule has 1 aromatic heterocycles. The summed E-state index contributed by atoms with van der Waals surface area (Å²) in [6.45, 7) is 1.64. The van der Waals surface area contributed by atoms with Crippen molar-refractivity contribution in [3.8, 4) is 0 Å². The molecule has 1 heterocycles. The standard InChI is InChI=1S/C8H13N3OS/c9-8(12)2-1-3-10-4-7-5-11-6-13-7/h5-6,10H,1-4H2,(H2,9,12). The minimum atomic E-state index is -0.236. The Kier molecular flexibility index (Phi) is 4.42. The summed E-state index contributed by atoms with van der Waals surface area (Å²) in [5, 5.41) is 3.21. The van der Waals surface area contributed by atoms with Crippen molar-refractivity contribution in [2.75, 3.05) is 6.54 Å². The number of rotatable bonds is 6. The normalized spacial score (nSPS) is 10.2. The van der Waals surface area contributed by atoms with Gasteiger partial charge in [0.05, 0.1) is 5.51 Å². The van der Waals surface area contributed by atoms with Crippen LogP contribution in [0.25, 0.3) is 0 Å². The van der Waals surface area contributed by atoms with Gasteiger partial charge in [-0.15, -0.1) is 11.3 Å². The van der Waals surface area contributed by atoms with Crippen molar-refractivity contribution < 1.29 is 4.79 Å². The maximum atomic E-state index is 10.4. The summed E-state index contributed by atoms with van der Waals surface area (Å²) >= 11 is 1.62. The van der Waals surface area contributed by atoms with E-state index in [2.05, 4.69) is 10.3 Å². The molecule has 0 aliphatic carbocycles. The number of carbonyl (C=O) groups excluding carboxylic acids is 1. The van der Waals surface area contributed by atoms with Gasteiger partial charge in [-0.25, -0.2) is 0 Å². The van der Waals surface area contributed by atoms with Crippen molar-refractivity contribution in [2.24, 2.45) is 5.73 Å². The van der Waals surface area contributed by atoms with Crippen LogP contribution in [0.15, 0.2) is 11.7 Å². The van der Waals surface area contributed by atoms with Crippen molar-refractivity contribution in [3.63, 3.8) is 0 Å². The number of hydrogen-bond acceptors (Lipinski definition) is 4. The largest absolute Gasteiger partial charge is 0.370 e.